The lowest BCUT2D eigenvalue weighted by atomic mass is 9.93. The van der Waals surface area contributed by atoms with Gasteiger partial charge in [0.15, 0.2) is 0 Å². The third kappa shape index (κ3) is 3.90. The number of anilines is 1. The molecule has 7 nitrogen and oxygen atoms in total. The van der Waals surface area contributed by atoms with E-state index >= 15 is 0 Å². The van der Waals surface area contributed by atoms with E-state index in [1.807, 2.05) is 0 Å². The topological polar surface area (TPSA) is 91.7 Å². The number of ether oxygens (including phenoxy) is 1. The predicted octanol–water partition coefficient (Wildman–Crippen LogP) is 1.45. The normalized spacial score (nSPS) is 11.5. The summed E-state index contributed by atoms with van der Waals surface area (Å²) in [6.07, 6.45) is 5.86. The molecule has 0 bridgehead atoms. The molecular weight excluding hydrogens is 244 g/mol. The van der Waals surface area contributed by atoms with Crippen LogP contribution in [-0.4, -0.2) is 31.1 Å². The molecule has 0 unspecified atom stereocenters. The van der Waals surface area contributed by atoms with Gasteiger partial charge in [0.25, 0.3) is 0 Å². The van der Waals surface area contributed by atoms with E-state index in [4.69, 9.17) is 10.5 Å². The number of hydrogen-bond acceptors (Lipinski definition) is 6. The molecule has 0 spiro atoms. The Hall–Kier alpha value is -2.18. The monoisotopic (exact) mass is 262 g/mol. The maximum absolute atomic E-state index is 5.65. The first kappa shape index (κ1) is 13.3. The summed E-state index contributed by atoms with van der Waals surface area (Å²) in [5.74, 6) is 0.528. The van der Waals surface area contributed by atoms with Gasteiger partial charge in [0, 0.05) is 12.4 Å². The Bertz CT molecular complexity index is 532. The smallest absolute Gasteiger partial charge is 0.323 e. The van der Waals surface area contributed by atoms with Gasteiger partial charge in [-0.05, 0) is 11.8 Å². The second kappa shape index (κ2) is 5.21. The second-order valence-corrected chi connectivity index (χ2v) is 5.41. The minimum Gasteiger partial charge on any atom is -0.463 e. The predicted molar refractivity (Wildman–Crippen MR) is 70.9 cm³/mol. The molecule has 0 amide bonds. The van der Waals surface area contributed by atoms with Gasteiger partial charge >= 0.3 is 6.01 Å². The number of nitrogens with two attached hydrogens (primary N) is 1. The molecule has 0 aliphatic carbocycles. The van der Waals surface area contributed by atoms with E-state index in [0.29, 0.717) is 12.6 Å². The van der Waals surface area contributed by atoms with Gasteiger partial charge in [-0.25, -0.2) is 4.98 Å². The summed E-state index contributed by atoms with van der Waals surface area (Å²) in [6.45, 7) is 6.98. The van der Waals surface area contributed by atoms with Gasteiger partial charge in [-0.1, -0.05) is 20.8 Å². The van der Waals surface area contributed by atoms with E-state index in [0.717, 1.165) is 6.42 Å². The lowest BCUT2D eigenvalue weighted by Gasteiger charge is -2.17. The van der Waals surface area contributed by atoms with Gasteiger partial charge in [0.2, 0.25) is 11.9 Å². The molecule has 0 saturated carbocycles. The molecule has 0 aliphatic heterocycles. The van der Waals surface area contributed by atoms with Gasteiger partial charge in [0.05, 0.1) is 6.61 Å². The van der Waals surface area contributed by atoms with Crippen LogP contribution in [0.5, 0.6) is 6.01 Å². The summed E-state index contributed by atoms with van der Waals surface area (Å²) >= 11 is 0. The van der Waals surface area contributed by atoms with E-state index in [-0.39, 0.29) is 17.4 Å². The molecule has 2 heterocycles. The van der Waals surface area contributed by atoms with Crippen LogP contribution < -0.4 is 10.5 Å². The van der Waals surface area contributed by atoms with E-state index in [9.17, 15) is 0 Å². The van der Waals surface area contributed by atoms with Crippen molar-refractivity contribution in [3.63, 3.8) is 0 Å². The molecule has 0 aromatic carbocycles. The van der Waals surface area contributed by atoms with Crippen LogP contribution in [0.4, 0.5) is 5.95 Å². The van der Waals surface area contributed by atoms with Gasteiger partial charge in [-0.15, -0.1) is 0 Å². The molecule has 2 rings (SSSR count). The minimum atomic E-state index is 0.129. The number of aromatic nitrogens is 5. The molecule has 2 aromatic rings. The fourth-order valence-electron chi connectivity index (χ4n) is 1.37. The lowest BCUT2D eigenvalue weighted by molar-refractivity contribution is 0.228. The van der Waals surface area contributed by atoms with Crippen LogP contribution in [0.15, 0.2) is 18.7 Å². The number of nitrogens with zero attached hydrogens (tertiary/aromatic N) is 5. The first-order valence-electron chi connectivity index (χ1n) is 6.07. The van der Waals surface area contributed by atoms with Crippen molar-refractivity contribution < 1.29 is 4.74 Å². The number of hydrogen-bond donors (Lipinski definition) is 1. The maximum Gasteiger partial charge on any atom is 0.323 e. The van der Waals surface area contributed by atoms with Crippen LogP contribution in [0.2, 0.25) is 0 Å². The highest BCUT2D eigenvalue weighted by molar-refractivity contribution is 5.24. The Labute approximate surface area is 111 Å². The molecule has 102 valence electrons. The third-order valence-electron chi connectivity index (χ3n) is 2.44. The number of nitrogen functional groups attached to an aromatic ring is 1. The van der Waals surface area contributed by atoms with Crippen molar-refractivity contribution in [3.05, 3.63) is 18.7 Å². The van der Waals surface area contributed by atoms with Crippen molar-refractivity contribution in [3.8, 4) is 12.0 Å². The van der Waals surface area contributed by atoms with Gasteiger partial charge in [-0.2, -0.15) is 15.0 Å². The van der Waals surface area contributed by atoms with Crippen LogP contribution in [0, 0.1) is 5.41 Å². The Morgan fingerprint density at radius 3 is 2.68 bits per heavy atom. The fourth-order valence-corrected chi connectivity index (χ4v) is 1.37. The van der Waals surface area contributed by atoms with Crippen molar-refractivity contribution >= 4 is 5.95 Å². The molecule has 19 heavy (non-hydrogen) atoms. The summed E-state index contributed by atoms with van der Waals surface area (Å²) in [6, 6.07) is 0.237. The van der Waals surface area contributed by atoms with E-state index in [1.54, 1.807) is 23.3 Å². The Balaban J connectivity index is 2.09. The molecule has 0 saturated heterocycles. The molecule has 0 aliphatic rings. The van der Waals surface area contributed by atoms with Crippen molar-refractivity contribution in [2.75, 3.05) is 12.3 Å². The quantitative estimate of drug-likeness (QED) is 0.896. The van der Waals surface area contributed by atoms with Crippen LogP contribution in [0.25, 0.3) is 5.95 Å². The minimum absolute atomic E-state index is 0.129. The zero-order valence-corrected chi connectivity index (χ0v) is 11.4. The fraction of sp³-hybridized carbons (Fsp3) is 0.500. The van der Waals surface area contributed by atoms with Gasteiger partial charge in [-0.3, -0.25) is 4.57 Å². The number of imidazole rings is 1. The highest BCUT2D eigenvalue weighted by atomic mass is 16.5. The van der Waals surface area contributed by atoms with E-state index < -0.39 is 0 Å². The largest absolute Gasteiger partial charge is 0.463 e. The molecule has 0 radical (unpaired) electrons. The molecule has 2 N–H and O–H groups in total. The molecule has 7 heteroatoms. The van der Waals surface area contributed by atoms with Crippen LogP contribution in [0.3, 0.4) is 0 Å². The first-order valence-corrected chi connectivity index (χ1v) is 6.07. The Morgan fingerprint density at radius 2 is 2.05 bits per heavy atom. The summed E-state index contributed by atoms with van der Waals surface area (Å²) in [7, 11) is 0. The first-order chi connectivity index (χ1) is 8.94. The van der Waals surface area contributed by atoms with Crippen LogP contribution in [-0.2, 0) is 0 Å². The SMILES string of the molecule is CC(C)(C)CCOc1nc(N)nc(-n2ccnc2)n1. The summed E-state index contributed by atoms with van der Waals surface area (Å²) < 4.78 is 7.17. The summed E-state index contributed by atoms with van der Waals surface area (Å²) in [5.41, 5.74) is 5.85. The average molecular weight is 262 g/mol. The summed E-state index contributed by atoms with van der Waals surface area (Å²) in [5, 5.41) is 0. The zero-order chi connectivity index (χ0) is 13.9. The zero-order valence-electron chi connectivity index (χ0n) is 11.4. The Kier molecular flexibility index (Phi) is 3.64. The van der Waals surface area contributed by atoms with Crippen LogP contribution >= 0.6 is 0 Å². The van der Waals surface area contributed by atoms with Crippen LogP contribution in [0.1, 0.15) is 27.2 Å². The van der Waals surface area contributed by atoms with Gasteiger partial charge in [0.1, 0.15) is 6.33 Å². The van der Waals surface area contributed by atoms with E-state index in [1.165, 1.54) is 0 Å². The standard InChI is InChI=1S/C12H18N6O/c1-12(2,3)4-7-19-11-16-9(13)15-10(17-11)18-6-5-14-8-18/h5-6,8H,4,7H2,1-3H3,(H2,13,15,16,17). The van der Waals surface area contributed by atoms with Gasteiger partial charge < -0.3 is 10.5 Å². The molecule has 2 aromatic heterocycles. The second-order valence-electron chi connectivity index (χ2n) is 5.41. The van der Waals surface area contributed by atoms with Crippen molar-refractivity contribution in [1.82, 2.24) is 24.5 Å². The maximum atomic E-state index is 5.65. The molecular formula is C12H18N6O. The summed E-state index contributed by atoms with van der Waals surface area (Å²) in [4.78, 5) is 16.1. The lowest BCUT2D eigenvalue weighted by Crippen LogP contribution is -2.13. The third-order valence-corrected chi connectivity index (χ3v) is 2.44. The molecule has 0 fully saturated rings. The van der Waals surface area contributed by atoms with E-state index in [2.05, 4.69) is 40.7 Å². The Morgan fingerprint density at radius 1 is 1.26 bits per heavy atom. The highest BCUT2D eigenvalue weighted by Crippen LogP contribution is 2.18. The number of rotatable bonds is 4. The van der Waals surface area contributed by atoms with Crippen molar-refractivity contribution in [1.29, 1.82) is 0 Å². The highest BCUT2D eigenvalue weighted by Gasteiger charge is 2.12. The molecule has 0 atom stereocenters. The van der Waals surface area contributed by atoms with Crippen molar-refractivity contribution in [2.45, 2.75) is 27.2 Å². The average Bonchev–Trinajstić information content (AvgIpc) is 2.79. The van der Waals surface area contributed by atoms with Crippen molar-refractivity contribution in [2.24, 2.45) is 5.41 Å².